The largest absolute Gasteiger partial charge is 0.490 e. The van der Waals surface area contributed by atoms with Crippen molar-refractivity contribution in [1.29, 1.82) is 0 Å². The van der Waals surface area contributed by atoms with Gasteiger partial charge in [0.2, 0.25) is 0 Å². The fourth-order valence-electron chi connectivity index (χ4n) is 3.73. The van der Waals surface area contributed by atoms with Gasteiger partial charge in [-0.3, -0.25) is 14.8 Å². The van der Waals surface area contributed by atoms with Crippen LogP contribution in [0.5, 0.6) is 5.75 Å². The number of para-hydroxylation sites is 1. The monoisotopic (exact) mass is 456 g/mol. The third-order valence-electron chi connectivity index (χ3n) is 5.47. The van der Waals surface area contributed by atoms with Crippen LogP contribution in [0.25, 0.3) is 11.4 Å². The van der Waals surface area contributed by atoms with Crippen molar-refractivity contribution in [3.8, 4) is 17.1 Å². The number of aromatic nitrogens is 3. The molecule has 0 N–H and O–H groups in total. The van der Waals surface area contributed by atoms with Crippen LogP contribution in [0, 0.1) is 0 Å². The molecule has 0 radical (unpaired) electrons. The second-order valence-corrected chi connectivity index (χ2v) is 8.16. The van der Waals surface area contributed by atoms with Gasteiger partial charge in [0.25, 0.3) is 5.91 Å². The number of benzene rings is 1. The minimum absolute atomic E-state index is 0.115. The van der Waals surface area contributed by atoms with Crippen molar-refractivity contribution in [1.82, 2.24) is 19.9 Å². The minimum atomic E-state index is -0.115. The molecule has 1 aliphatic rings. The summed E-state index contributed by atoms with van der Waals surface area (Å²) in [7, 11) is 5.78. The number of ether oxygens (including phenoxy) is 1. The number of allylic oxidation sites excluding steroid dienone is 1. The van der Waals surface area contributed by atoms with Crippen LogP contribution in [0.1, 0.15) is 17.5 Å². The standard InChI is InChI=1S/C26H28N6O2/c1-27-23(19-10-12-28-13-11-19)8-9-24(33)32-18-20-6-4-7-22(25(20)32)26-29-16-21(17-30-26)34-15-5-14-31(2)3/h4,6-13,16-17H,5,14-15,18H2,1-3H3/b9-8-,27-23+. The van der Waals surface area contributed by atoms with Gasteiger partial charge in [-0.25, -0.2) is 9.97 Å². The number of aliphatic imine (C=N–C) groups is 1. The Bertz CT molecular complexity index is 1190. The molecule has 34 heavy (non-hydrogen) atoms. The molecule has 1 aliphatic heterocycles. The van der Waals surface area contributed by atoms with E-state index in [0.29, 0.717) is 30.4 Å². The lowest BCUT2D eigenvalue weighted by Crippen LogP contribution is -2.37. The first-order valence-corrected chi connectivity index (χ1v) is 11.2. The Hall–Kier alpha value is -3.91. The summed E-state index contributed by atoms with van der Waals surface area (Å²) in [4.78, 5) is 34.1. The molecule has 3 heterocycles. The van der Waals surface area contributed by atoms with Crippen LogP contribution in [0.3, 0.4) is 0 Å². The van der Waals surface area contributed by atoms with Crippen molar-refractivity contribution in [3.63, 3.8) is 0 Å². The van der Waals surface area contributed by atoms with Crippen LogP contribution in [0.2, 0.25) is 0 Å². The van der Waals surface area contributed by atoms with E-state index in [0.717, 1.165) is 35.3 Å². The van der Waals surface area contributed by atoms with Crippen molar-refractivity contribution in [3.05, 3.63) is 78.4 Å². The molecule has 174 valence electrons. The summed E-state index contributed by atoms with van der Waals surface area (Å²) < 4.78 is 5.74. The Morgan fingerprint density at radius 3 is 2.62 bits per heavy atom. The number of fused-ring (bicyclic) bond motifs is 1. The zero-order valence-corrected chi connectivity index (χ0v) is 19.7. The van der Waals surface area contributed by atoms with Gasteiger partial charge in [0, 0.05) is 43.2 Å². The number of hydrogen-bond acceptors (Lipinski definition) is 7. The Morgan fingerprint density at radius 1 is 1.15 bits per heavy atom. The lowest BCUT2D eigenvalue weighted by Gasteiger charge is -2.35. The number of carbonyl (C=O) groups is 1. The van der Waals surface area contributed by atoms with Crippen LogP contribution < -0.4 is 9.64 Å². The van der Waals surface area contributed by atoms with Crippen LogP contribution in [0.4, 0.5) is 5.69 Å². The first kappa shape index (κ1) is 23.3. The molecule has 8 heteroatoms. The quantitative estimate of drug-likeness (QED) is 0.279. The van der Waals surface area contributed by atoms with Crippen LogP contribution in [0.15, 0.2) is 72.3 Å². The number of anilines is 1. The summed E-state index contributed by atoms with van der Waals surface area (Å²) in [5.41, 5.74) is 4.38. The van der Waals surface area contributed by atoms with Crippen molar-refractivity contribution in [2.24, 2.45) is 4.99 Å². The Kier molecular flexibility index (Phi) is 7.39. The molecule has 0 bridgehead atoms. The molecule has 1 amide bonds. The minimum Gasteiger partial charge on any atom is -0.490 e. The fraction of sp³-hybridized carbons (Fsp3) is 0.269. The third-order valence-corrected chi connectivity index (χ3v) is 5.47. The highest BCUT2D eigenvalue weighted by Crippen LogP contribution is 2.40. The van der Waals surface area contributed by atoms with E-state index in [1.807, 2.05) is 44.4 Å². The summed E-state index contributed by atoms with van der Waals surface area (Å²) in [5, 5.41) is 0. The van der Waals surface area contributed by atoms with E-state index in [1.54, 1.807) is 48.9 Å². The topological polar surface area (TPSA) is 83.8 Å². The van der Waals surface area contributed by atoms with Gasteiger partial charge < -0.3 is 14.5 Å². The van der Waals surface area contributed by atoms with Crippen LogP contribution in [-0.4, -0.2) is 65.8 Å². The normalized spacial score (nSPS) is 13.2. The first-order chi connectivity index (χ1) is 16.6. The molecule has 0 atom stereocenters. The van der Waals surface area contributed by atoms with E-state index >= 15 is 0 Å². The number of hydrogen-bond donors (Lipinski definition) is 0. The van der Waals surface area contributed by atoms with Gasteiger partial charge in [-0.2, -0.15) is 0 Å². The molecular weight excluding hydrogens is 428 g/mol. The van der Waals surface area contributed by atoms with E-state index < -0.39 is 0 Å². The van der Waals surface area contributed by atoms with Crippen molar-refractivity contribution >= 4 is 17.3 Å². The summed E-state index contributed by atoms with van der Waals surface area (Å²) >= 11 is 0. The van der Waals surface area contributed by atoms with Crippen molar-refractivity contribution < 1.29 is 9.53 Å². The molecule has 4 rings (SSSR count). The van der Waals surface area contributed by atoms with E-state index in [1.165, 1.54) is 0 Å². The van der Waals surface area contributed by atoms with E-state index in [2.05, 4.69) is 24.8 Å². The van der Waals surface area contributed by atoms with Gasteiger partial charge in [-0.05, 0) is 50.4 Å². The van der Waals surface area contributed by atoms with Crippen molar-refractivity contribution in [2.75, 3.05) is 39.2 Å². The highest BCUT2D eigenvalue weighted by Gasteiger charge is 2.30. The molecule has 0 aliphatic carbocycles. The molecule has 0 saturated carbocycles. The molecule has 2 aromatic heterocycles. The number of carbonyl (C=O) groups excluding carboxylic acids is 1. The smallest absolute Gasteiger partial charge is 0.251 e. The van der Waals surface area contributed by atoms with E-state index in [4.69, 9.17) is 4.74 Å². The average molecular weight is 457 g/mol. The molecular formula is C26H28N6O2. The summed E-state index contributed by atoms with van der Waals surface area (Å²) in [6, 6.07) is 9.64. The maximum Gasteiger partial charge on any atom is 0.251 e. The number of pyridine rings is 1. The lowest BCUT2D eigenvalue weighted by atomic mass is 9.97. The molecule has 0 saturated heterocycles. The van der Waals surface area contributed by atoms with Crippen LogP contribution in [-0.2, 0) is 11.3 Å². The molecule has 0 spiro atoms. The van der Waals surface area contributed by atoms with Gasteiger partial charge in [-0.1, -0.05) is 12.1 Å². The maximum absolute atomic E-state index is 13.0. The Balaban J connectivity index is 1.46. The molecule has 8 nitrogen and oxygen atoms in total. The van der Waals surface area contributed by atoms with Gasteiger partial charge in [-0.15, -0.1) is 0 Å². The second-order valence-electron chi connectivity index (χ2n) is 8.16. The molecule has 0 unspecified atom stereocenters. The van der Waals surface area contributed by atoms with Crippen LogP contribution >= 0.6 is 0 Å². The molecule has 0 fully saturated rings. The maximum atomic E-state index is 13.0. The lowest BCUT2D eigenvalue weighted by molar-refractivity contribution is -0.114. The fourth-order valence-corrected chi connectivity index (χ4v) is 3.73. The zero-order valence-electron chi connectivity index (χ0n) is 19.7. The van der Waals surface area contributed by atoms with Gasteiger partial charge in [0.05, 0.1) is 36.9 Å². The van der Waals surface area contributed by atoms with E-state index in [9.17, 15) is 4.79 Å². The Morgan fingerprint density at radius 2 is 1.91 bits per heavy atom. The predicted molar refractivity (Wildman–Crippen MR) is 133 cm³/mol. The first-order valence-electron chi connectivity index (χ1n) is 11.2. The number of nitrogens with zero attached hydrogens (tertiary/aromatic N) is 6. The zero-order chi connectivity index (χ0) is 23.9. The molecule has 3 aromatic rings. The Labute approximate surface area is 199 Å². The average Bonchev–Trinajstić information content (AvgIpc) is 2.84. The summed E-state index contributed by atoms with van der Waals surface area (Å²) in [6.45, 7) is 2.12. The SMILES string of the molecule is C/N=C(\C=C/C(=O)N1Cc2cccc(-c3ncc(OCCCN(C)C)cn3)c21)c1ccncc1. The van der Waals surface area contributed by atoms with E-state index in [-0.39, 0.29) is 5.91 Å². The number of rotatable bonds is 9. The predicted octanol–water partition coefficient (Wildman–Crippen LogP) is 3.39. The summed E-state index contributed by atoms with van der Waals surface area (Å²) in [5.74, 6) is 1.08. The van der Waals surface area contributed by atoms with Crippen molar-refractivity contribution in [2.45, 2.75) is 13.0 Å². The summed E-state index contributed by atoms with van der Waals surface area (Å²) in [6.07, 6.45) is 11.0. The second kappa shape index (κ2) is 10.8. The number of amides is 1. The van der Waals surface area contributed by atoms with Gasteiger partial charge >= 0.3 is 0 Å². The van der Waals surface area contributed by atoms with Gasteiger partial charge in [0.15, 0.2) is 11.6 Å². The van der Waals surface area contributed by atoms with Gasteiger partial charge in [0.1, 0.15) is 0 Å². The highest BCUT2D eigenvalue weighted by atomic mass is 16.5. The molecule has 1 aromatic carbocycles. The third kappa shape index (κ3) is 5.35. The highest BCUT2D eigenvalue weighted by molar-refractivity contribution is 6.14.